The second kappa shape index (κ2) is 12.2. The standard InChI is InChI=1S/C25H24ClN3O6S/c1-34-24(30)17-35-23-13-5-18(6-14-23)15-27-28-25(31)20-7-11-22(12-8-20)29(36(2,32)33)16-19-3-9-21(26)10-4-19/h3-15H,16-17H2,1-2H3,(H,28,31)/b27-15-. The molecule has 0 atom stereocenters. The van der Waals surface area contributed by atoms with Crippen molar-refractivity contribution in [3.05, 3.63) is 94.5 Å². The summed E-state index contributed by atoms with van der Waals surface area (Å²) in [5.74, 6) is -0.456. The average molecular weight is 530 g/mol. The van der Waals surface area contributed by atoms with Crippen molar-refractivity contribution in [1.29, 1.82) is 0 Å². The summed E-state index contributed by atoms with van der Waals surface area (Å²) in [6.07, 6.45) is 2.57. The van der Waals surface area contributed by atoms with E-state index in [2.05, 4.69) is 15.3 Å². The van der Waals surface area contributed by atoms with Crippen LogP contribution in [0, 0.1) is 0 Å². The molecule has 1 N–H and O–H groups in total. The van der Waals surface area contributed by atoms with Crippen molar-refractivity contribution in [2.24, 2.45) is 5.10 Å². The monoisotopic (exact) mass is 529 g/mol. The van der Waals surface area contributed by atoms with Gasteiger partial charge in [0, 0.05) is 10.6 Å². The molecule has 0 saturated heterocycles. The molecule has 0 heterocycles. The zero-order valence-electron chi connectivity index (χ0n) is 19.5. The molecule has 0 aliphatic carbocycles. The molecule has 0 radical (unpaired) electrons. The minimum atomic E-state index is -3.57. The van der Waals surface area contributed by atoms with Gasteiger partial charge in [-0.3, -0.25) is 9.10 Å². The first kappa shape index (κ1) is 26.7. The molecule has 0 aliphatic rings. The molecular weight excluding hydrogens is 506 g/mol. The van der Waals surface area contributed by atoms with E-state index in [4.69, 9.17) is 16.3 Å². The maximum atomic E-state index is 12.4. The van der Waals surface area contributed by atoms with Crippen LogP contribution in [0.15, 0.2) is 77.9 Å². The minimum Gasteiger partial charge on any atom is -0.482 e. The zero-order chi connectivity index (χ0) is 26.1. The van der Waals surface area contributed by atoms with E-state index in [1.165, 1.54) is 29.8 Å². The van der Waals surface area contributed by atoms with E-state index in [0.29, 0.717) is 27.6 Å². The van der Waals surface area contributed by atoms with Gasteiger partial charge < -0.3 is 9.47 Å². The number of hydrogen-bond acceptors (Lipinski definition) is 7. The Morgan fingerprint density at radius 3 is 2.22 bits per heavy atom. The SMILES string of the molecule is COC(=O)COc1ccc(/C=N\NC(=O)c2ccc(N(Cc3ccc(Cl)cc3)S(C)(=O)=O)cc2)cc1. The van der Waals surface area contributed by atoms with Crippen LogP contribution in [-0.4, -0.2) is 46.5 Å². The van der Waals surface area contributed by atoms with Crippen molar-refractivity contribution >= 4 is 45.4 Å². The Balaban J connectivity index is 1.61. The fourth-order valence-electron chi connectivity index (χ4n) is 3.02. The van der Waals surface area contributed by atoms with Crippen LogP contribution in [0.3, 0.4) is 0 Å². The Kier molecular flexibility index (Phi) is 9.04. The van der Waals surface area contributed by atoms with E-state index in [9.17, 15) is 18.0 Å². The van der Waals surface area contributed by atoms with Crippen molar-refractivity contribution in [2.75, 3.05) is 24.3 Å². The first-order valence-corrected chi connectivity index (χ1v) is 12.8. The highest BCUT2D eigenvalue weighted by molar-refractivity contribution is 7.92. The Bertz CT molecular complexity index is 1330. The summed E-state index contributed by atoms with van der Waals surface area (Å²) in [6, 6.07) is 19.8. The number of nitrogens with zero attached hydrogens (tertiary/aromatic N) is 2. The number of amides is 1. The first-order valence-electron chi connectivity index (χ1n) is 10.6. The summed E-state index contributed by atoms with van der Waals surface area (Å²) < 4.78 is 35.8. The van der Waals surface area contributed by atoms with Crippen molar-refractivity contribution in [3.63, 3.8) is 0 Å². The Morgan fingerprint density at radius 1 is 1.00 bits per heavy atom. The van der Waals surface area contributed by atoms with Gasteiger partial charge in [0.2, 0.25) is 10.0 Å². The lowest BCUT2D eigenvalue weighted by Gasteiger charge is -2.22. The molecule has 0 spiro atoms. The predicted octanol–water partition coefficient (Wildman–Crippen LogP) is 3.62. The molecule has 0 aromatic heterocycles. The number of methoxy groups -OCH3 is 1. The van der Waals surface area contributed by atoms with Gasteiger partial charge >= 0.3 is 5.97 Å². The molecule has 36 heavy (non-hydrogen) atoms. The number of rotatable bonds is 10. The molecule has 11 heteroatoms. The molecule has 188 valence electrons. The van der Waals surface area contributed by atoms with Gasteiger partial charge in [-0.2, -0.15) is 5.10 Å². The molecule has 3 aromatic carbocycles. The zero-order valence-corrected chi connectivity index (χ0v) is 21.1. The maximum Gasteiger partial charge on any atom is 0.343 e. The third-order valence-electron chi connectivity index (χ3n) is 4.90. The second-order valence-corrected chi connectivity index (χ2v) is 9.92. The molecular formula is C25H24ClN3O6S. The smallest absolute Gasteiger partial charge is 0.343 e. The lowest BCUT2D eigenvalue weighted by Crippen LogP contribution is -2.29. The number of benzene rings is 3. The van der Waals surface area contributed by atoms with Crippen molar-refractivity contribution < 1.29 is 27.5 Å². The number of esters is 1. The van der Waals surface area contributed by atoms with E-state index in [1.54, 1.807) is 60.7 Å². The van der Waals surface area contributed by atoms with Crippen LogP contribution in [-0.2, 0) is 26.1 Å². The lowest BCUT2D eigenvalue weighted by atomic mass is 10.2. The highest BCUT2D eigenvalue weighted by atomic mass is 35.5. The van der Waals surface area contributed by atoms with Gasteiger partial charge in [0.25, 0.3) is 5.91 Å². The van der Waals surface area contributed by atoms with Crippen LogP contribution in [0.1, 0.15) is 21.5 Å². The summed E-state index contributed by atoms with van der Waals surface area (Å²) >= 11 is 5.91. The topological polar surface area (TPSA) is 114 Å². The summed E-state index contributed by atoms with van der Waals surface area (Å²) in [7, 11) is -2.29. The number of ether oxygens (including phenoxy) is 2. The number of carbonyl (C=O) groups excluding carboxylic acids is 2. The number of carbonyl (C=O) groups is 2. The van der Waals surface area contributed by atoms with E-state index in [1.807, 2.05) is 0 Å². The predicted molar refractivity (Wildman–Crippen MR) is 138 cm³/mol. The summed E-state index contributed by atoms with van der Waals surface area (Å²) in [6.45, 7) is -0.0692. The van der Waals surface area contributed by atoms with Gasteiger partial charge in [0.15, 0.2) is 6.61 Å². The van der Waals surface area contributed by atoms with Crippen molar-refractivity contribution in [3.8, 4) is 5.75 Å². The van der Waals surface area contributed by atoms with E-state index in [-0.39, 0.29) is 13.2 Å². The average Bonchev–Trinajstić information content (AvgIpc) is 2.87. The number of halogens is 1. The number of anilines is 1. The maximum absolute atomic E-state index is 12.4. The second-order valence-electron chi connectivity index (χ2n) is 7.58. The van der Waals surface area contributed by atoms with Gasteiger partial charge in [-0.1, -0.05) is 23.7 Å². The highest BCUT2D eigenvalue weighted by Gasteiger charge is 2.18. The number of nitrogens with one attached hydrogen (secondary N) is 1. The van der Waals surface area contributed by atoms with E-state index in [0.717, 1.165) is 11.8 Å². The number of hydrogen-bond donors (Lipinski definition) is 1. The van der Waals surface area contributed by atoms with E-state index < -0.39 is 21.9 Å². The minimum absolute atomic E-state index is 0.123. The molecule has 0 fully saturated rings. The highest BCUT2D eigenvalue weighted by Crippen LogP contribution is 2.22. The molecule has 0 unspecified atom stereocenters. The lowest BCUT2D eigenvalue weighted by molar-refractivity contribution is -0.142. The summed E-state index contributed by atoms with van der Waals surface area (Å²) in [5, 5.41) is 4.50. The molecule has 9 nitrogen and oxygen atoms in total. The molecule has 0 saturated carbocycles. The number of hydrazone groups is 1. The third-order valence-corrected chi connectivity index (χ3v) is 6.29. The molecule has 0 bridgehead atoms. The molecule has 3 aromatic rings. The summed E-state index contributed by atoms with van der Waals surface area (Å²) in [4.78, 5) is 23.5. The van der Waals surface area contributed by atoms with Crippen LogP contribution in [0.5, 0.6) is 5.75 Å². The Labute approximate surface area is 214 Å². The van der Waals surface area contributed by atoms with Crippen LogP contribution in [0.25, 0.3) is 0 Å². The van der Waals surface area contributed by atoms with Crippen molar-refractivity contribution in [1.82, 2.24) is 5.43 Å². The third kappa shape index (κ3) is 7.82. The fourth-order valence-corrected chi connectivity index (χ4v) is 4.03. The number of sulfonamides is 1. The van der Waals surface area contributed by atoms with Crippen LogP contribution in [0.4, 0.5) is 5.69 Å². The Morgan fingerprint density at radius 2 is 1.64 bits per heavy atom. The quantitative estimate of drug-likeness (QED) is 0.244. The van der Waals surface area contributed by atoms with Gasteiger partial charge in [-0.25, -0.2) is 18.6 Å². The van der Waals surface area contributed by atoms with Gasteiger partial charge in [0.05, 0.1) is 31.8 Å². The molecule has 0 aliphatic heterocycles. The van der Waals surface area contributed by atoms with Crippen LogP contribution in [0.2, 0.25) is 5.02 Å². The molecule has 1 amide bonds. The van der Waals surface area contributed by atoms with Gasteiger partial charge in [-0.05, 0) is 71.8 Å². The Hall–Kier alpha value is -3.89. The van der Waals surface area contributed by atoms with Gasteiger partial charge in [0.1, 0.15) is 5.75 Å². The fraction of sp³-hybridized carbons (Fsp3) is 0.160. The molecule has 3 rings (SSSR count). The van der Waals surface area contributed by atoms with Gasteiger partial charge in [-0.15, -0.1) is 0 Å². The normalized spacial score (nSPS) is 11.2. The van der Waals surface area contributed by atoms with Crippen LogP contribution >= 0.6 is 11.6 Å². The first-order chi connectivity index (χ1) is 17.2. The summed E-state index contributed by atoms with van der Waals surface area (Å²) in [5.41, 5.74) is 4.62. The van der Waals surface area contributed by atoms with Crippen molar-refractivity contribution in [2.45, 2.75) is 6.54 Å². The van der Waals surface area contributed by atoms with Crippen LogP contribution < -0.4 is 14.5 Å². The van der Waals surface area contributed by atoms with E-state index >= 15 is 0 Å². The largest absolute Gasteiger partial charge is 0.482 e.